The molecule has 2 atom stereocenters. The highest BCUT2D eigenvalue weighted by Gasteiger charge is 2.12. The molecule has 1 aromatic rings. The van der Waals surface area contributed by atoms with E-state index in [0.717, 1.165) is 24.8 Å². The van der Waals surface area contributed by atoms with E-state index in [1.165, 1.54) is 38.5 Å². The zero-order valence-corrected chi connectivity index (χ0v) is 20.2. The van der Waals surface area contributed by atoms with Gasteiger partial charge in [0.25, 0.3) is 7.82 Å². The molecule has 0 heterocycles. The van der Waals surface area contributed by atoms with E-state index >= 15 is 0 Å². The third-order valence-corrected chi connectivity index (χ3v) is 6.03. The van der Waals surface area contributed by atoms with E-state index in [9.17, 15) is 9.46 Å². The minimum atomic E-state index is -4.19. The van der Waals surface area contributed by atoms with Crippen molar-refractivity contribution < 1.29 is 23.2 Å². The number of unbranched alkanes of at least 4 members (excludes halogenated alkanes) is 6. The molecule has 1 aromatic carbocycles. The van der Waals surface area contributed by atoms with Crippen LogP contribution in [0.15, 0.2) is 30.3 Å². The Kier molecular flexibility index (Phi) is 16.1. The molecule has 0 amide bonds. The number of rotatable bonds is 19. The zero-order valence-electron chi connectivity index (χ0n) is 17.7. The smallest absolute Gasteiger partial charge is 0.267 e. The highest BCUT2D eigenvalue weighted by Crippen LogP contribution is 2.38. The van der Waals surface area contributed by atoms with E-state index < -0.39 is 7.82 Å². The largest absolute Gasteiger partial charge is 0.756 e. The van der Waals surface area contributed by atoms with Crippen LogP contribution in [-0.2, 0) is 25.0 Å². The van der Waals surface area contributed by atoms with E-state index in [0.29, 0.717) is 18.4 Å². The predicted octanol–water partition coefficient (Wildman–Crippen LogP) is 6.39. The van der Waals surface area contributed by atoms with Gasteiger partial charge in [0.1, 0.15) is 0 Å². The first kappa shape index (κ1) is 26.8. The van der Waals surface area contributed by atoms with Gasteiger partial charge in [-0.3, -0.25) is 4.57 Å². The fraction of sp³-hybridized carbons (Fsp3) is 0.727. The van der Waals surface area contributed by atoms with Gasteiger partial charge in [0.15, 0.2) is 0 Å². The van der Waals surface area contributed by atoms with Crippen LogP contribution in [-0.4, -0.2) is 24.6 Å². The maximum Gasteiger partial charge on any atom is 0.267 e. The summed E-state index contributed by atoms with van der Waals surface area (Å²) in [7, 11) is -4.19. The molecule has 0 radical (unpaired) electrons. The standard InChI is InChI=1S/C22H38BrO5P/c1-2-3-4-5-6-7-11-15-22(26-20-21-13-9-8-10-14-21)16-12-18-27-29(24,25)28-19-17-23/h8-10,13-14,22H,2-7,11-12,15-20H2,1H3,(H,24,25)/p-1. The van der Waals surface area contributed by atoms with Gasteiger partial charge in [0.2, 0.25) is 0 Å². The molecule has 0 aliphatic heterocycles. The Hall–Kier alpha value is -0.230. The molecule has 0 aromatic heterocycles. The lowest BCUT2D eigenvalue weighted by molar-refractivity contribution is -0.225. The summed E-state index contributed by atoms with van der Waals surface area (Å²) >= 11 is 3.13. The summed E-state index contributed by atoms with van der Waals surface area (Å²) in [6.45, 7) is 3.03. The molecule has 2 unspecified atom stereocenters. The Balaban J connectivity index is 2.32. The molecule has 0 fully saturated rings. The number of benzene rings is 1. The van der Waals surface area contributed by atoms with Crippen molar-refractivity contribution in [2.75, 3.05) is 18.5 Å². The second-order valence-electron chi connectivity index (χ2n) is 7.27. The summed E-state index contributed by atoms with van der Waals surface area (Å²) in [6, 6.07) is 10.1. The molecule has 0 bridgehead atoms. The maximum absolute atomic E-state index is 11.6. The Bertz CT molecular complexity index is 543. The zero-order chi connectivity index (χ0) is 21.2. The number of alkyl halides is 1. The van der Waals surface area contributed by atoms with Crippen molar-refractivity contribution in [1.29, 1.82) is 0 Å². The molecule has 29 heavy (non-hydrogen) atoms. The van der Waals surface area contributed by atoms with Crippen LogP contribution >= 0.6 is 23.8 Å². The van der Waals surface area contributed by atoms with Crippen molar-refractivity contribution in [2.45, 2.75) is 83.8 Å². The highest BCUT2D eigenvalue weighted by atomic mass is 79.9. The molecule has 0 saturated heterocycles. The Labute approximate surface area is 185 Å². The molecule has 0 aliphatic carbocycles. The first-order valence-corrected chi connectivity index (χ1v) is 13.5. The van der Waals surface area contributed by atoms with E-state index in [1.54, 1.807) is 0 Å². The molecular weight excluding hydrogens is 455 g/mol. The average molecular weight is 492 g/mol. The van der Waals surface area contributed by atoms with Crippen LogP contribution in [0.3, 0.4) is 0 Å². The van der Waals surface area contributed by atoms with Crippen LogP contribution in [0, 0.1) is 0 Å². The van der Waals surface area contributed by atoms with Crippen LogP contribution in [0.2, 0.25) is 0 Å². The van der Waals surface area contributed by atoms with Crippen LogP contribution in [0.5, 0.6) is 0 Å². The normalized spacial score (nSPS) is 14.6. The third kappa shape index (κ3) is 15.3. The maximum atomic E-state index is 11.6. The van der Waals surface area contributed by atoms with Gasteiger partial charge in [0, 0.05) is 5.33 Å². The lowest BCUT2D eigenvalue weighted by atomic mass is 10.0. The summed E-state index contributed by atoms with van der Waals surface area (Å²) < 4.78 is 27.4. The molecule has 0 saturated carbocycles. The Morgan fingerprint density at radius 2 is 1.55 bits per heavy atom. The predicted molar refractivity (Wildman–Crippen MR) is 120 cm³/mol. The fourth-order valence-electron chi connectivity index (χ4n) is 3.10. The van der Waals surface area contributed by atoms with E-state index in [2.05, 4.69) is 35.0 Å². The topological polar surface area (TPSA) is 67.8 Å². The van der Waals surface area contributed by atoms with Gasteiger partial charge in [-0.25, -0.2) is 0 Å². The van der Waals surface area contributed by atoms with Crippen LogP contribution in [0.25, 0.3) is 0 Å². The average Bonchev–Trinajstić information content (AvgIpc) is 2.73. The molecule has 0 aliphatic rings. The third-order valence-electron chi connectivity index (χ3n) is 4.70. The lowest BCUT2D eigenvalue weighted by Crippen LogP contribution is -2.15. The SMILES string of the molecule is CCCCCCCCCC(CCCOP(=O)([O-])OCCBr)OCc1ccccc1. The van der Waals surface area contributed by atoms with Crippen molar-refractivity contribution in [3.8, 4) is 0 Å². The molecule has 5 nitrogen and oxygen atoms in total. The molecule has 168 valence electrons. The summed E-state index contributed by atoms with van der Waals surface area (Å²) in [5.74, 6) is 0. The van der Waals surface area contributed by atoms with Gasteiger partial charge in [-0.2, -0.15) is 0 Å². The number of hydrogen-bond donors (Lipinski definition) is 0. The second kappa shape index (κ2) is 17.5. The van der Waals surface area contributed by atoms with Crippen LogP contribution < -0.4 is 4.89 Å². The van der Waals surface area contributed by atoms with Crippen molar-refractivity contribution in [1.82, 2.24) is 0 Å². The Morgan fingerprint density at radius 3 is 2.24 bits per heavy atom. The molecule has 7 heteroatoms. The molecular formula is C22H37BrO5P-. The van der Waals surface area contributed by atoms with Crippen LogP contribution in [0.4, 0.5) is 0 Å². The number of phosphoric acid groups is 1. The summed E-state index contributed by atoms with van der Waals surface area (Å²) in [4.78, 5) is 11.6. The van der Waals surface area contributed by atoms with Gasteiger partial charge in [-0.05, 0) is 24.8 Å². The Morgan fingerprint density at radius 1 is 0.931 bits per heavy atom. The van der Waals surface area contributed by atoms with Gasteiger partial charge in [-0.1, -0.05) is 98.1 Å². The van der Waals surface area contributed by atoms with Crippen molar-refractivity contribution in [3.05, 3.63) is 35.9 Å². The molecule has 1 rings (SSSR count). The van der Waals surface area contributed by atoms with Crippen molar-refractivity contribution in [2.24, 2.45) is 0 Å². The van der Waals surface area contributed by atoms with Crippen LogP contribution in [0.1, 0.15) is 76.7 Å². The van der Waals surface area contributed by atoms with Crippen molar-refractivity contribution in [3.63, 3.8) is 0 Å². The molecule has 0 spiro atoms. The quantitative estimate of drug-likeness (QED) is 0.127. The summed E-state index contributed by atoms with van der Waals surface area (Å²) in [5, 5.41) is 0.455. The summed E-state index contributed by atoms with van der Waals surface area (Å²) in [5.41, 5.74) is 1.15. The van der Waals surface area contributed by atoms with Gasteiger partial charge < -0.3 is 18.7 Å². The fourth-order valence-corrected chi connectivity index (χ4v) is 4.25. The van der Waals surface area contributed by atoms with Gasteiger partial charge in [-0.15, -0.1) is 0 Å². The second-order valence-corrected chi connectivity index (χ2v) is 9.48. The number of halogens is 1. The van der Waals surface area contributed by atoms with Gasteiger partial charge in [0.05, 0.1) is 25.9 Å². The summed E-state index contributed by atoms with van der Waals surface area (Å²) in [6.07, 6.45) is 11.4. The number of phosphoric ester groups is 1. The number of ether oxygens (including phenoxy) is 1. The molecule has 0 N–H and O–H groups in total. The minimum Gasteiger partial charge on any atom is -0.756 e. The van der Waals surface area contributed by atoms with E-state index in [1.807, 2.05) is 18.2 Å². The number of hydrogen-bond acceptors (Lipinski definition) is 5. The lowest BCUT2D eigenvalue weighted by Gasteiger charge is -2.23. The highest BCUT2D eigenvalue weighted by molar-refractivity contribution is 9.09. The first-order chi connectivity index (χ1) is 14.1. The van der Waals surface area contributed by atoms with Gasteiger partial charge >= 0.3 is 0 Å². The van der Waals surface area contributed by atoms with E-state index in [4.69, 9.17) is 13.8 Å². The van der Waals surface area contributed by atoms with E-state index in [-0.39, 0.29) is 19.3 Å². The first-order valence-electron chi connectivity index (χ1n) is 10.9. The minimum absolute atomic E-state index is 0.0852. The monoisotopic (exact) mass is 491 g/mol. The van der Waals surface area contributed by atoms with Crippen molar-refractivity contribution >= 4 is 23.8 Å².